The zero-order valence-corrected chi connectivity index (χ0v) is 18.7. The summed E-state index contributed by atoms with van der Waals surface area (Å²) < 4.78 is 25.5. The van der Waals surface area contributed by atoms with Gasteiger partial charge in [0.1, 0.15) is 0 Å². The lowest BCUT2D eigenvalue weighted by Gasteiger charge is -2.35. The predicted molar refractivity (Wildman–Crippen MR) is 121 cm³/mol. The summed E-state index contributed by atoms with van der Waals surface area (Å²) in [6, 6.07) is 10.1. The van der Waals surface area contributed by atoms with Crippen molar-refractivity contribution in [2.75, 3.05) is 26.0 Å². The van der Waals surface area contributed by atoms with Crippen LogP contribution in [0.1, 0.15) is 54.0 Å². The van der Waals surface area contributed by atoms with E-state index in [9.17, 15) is 13.5 Å². The van der Waals surface area contributed by atoms with Crippen LogP contribution in [0.4, 0.5) is 0 Å². The Bertz CT molecular complexity index is 1060. The molecule has 2 aromatic rings. The zero-order valence-electron chi connectivity index (χ0n) is 17.1. The van der Waals surface area contributed by atoms with E-state index < -0.39 is 10.0 Å². The number of fused-ring (bicyclic) bond motifs is 2. The minimum Gasteiger partial charge on any atom is -0.396 e. The van der Waals surface area contributed by atoms with Gasteiger partial charge >= 0.3 is 0 Å². The van der Waals surface area contributed by atoms with Crippen molar-refractivity contribution in [3.8, 4) is 0 Å². The number of aromatic nitrogens is 1. The van der Waals surface area contributed by atoms with Crippen molar-refractivity contribution in [1.82, 2.24) is 9.29 Å². The number of halogens is 1. The van der Waals surface area contributed by atoms with Gasteiger partial charge < -0.3 is 5.11 Å². The number of benzene rings is 1. The highest BCUT2D eigenvalue weighted by Crippen LogP contribution is 2.45. The number of pyridine rings is 1. The molecule has 4 rings (SSSR count). The lowest BCUT2D eigenvalue weighted by atomic mass is 9.76. The van der Waals surface area contributed by atoms with E-state index in [1.165, 1.54) is 11.8 Å². The zero-order chi connectivity index (χ0) is 21.3. The van der Waals surface area contributed by atoms with Gasteiger partial charge in [-0.05, 0) is 78.1 Å². The summed E-state index contributed by atoms with van der Waals surface area (Å²) in [6.45, 7) is 1.21. The van der Waals surface area contributed by atoms with E-state index in [1.54, 1.807) is 4.31 Å². The minimum atomic E-state index is -3.17. The van der Waals surface area contributed by atoms with Crippen LogP contribution in [-0.4, -0.2) is 48.8 Å². The van der Waals surface area contributed by atoms with Crippen LogP contribution in [0.25, 0.3) is 11.6 Å². The van der Waals surface area contributed by atoms with E-state index in [-0.39, 0.29) is 12.5 Å². The molecule has 1 N–H and O–H groups in total. The van der Waals surface area contributed by atoms with E-state index in [0.717, 1.165) is 41.7 Å². The summed E-state index contributed by atoms with van der Waals surface area (Å²) in [7, 11) is -3.17. The summed E-state index contributed by atoms with van der Waals surface area (Å²) in [6.07, 6.45) is 8.33. The fourth-order valence-corrected chi connectivity index (χ4v) is 5.84. The van der Waals surface area contributed by atoms with Gasteiger partial charge in [0.15, 0.2) is 0 Å². The lowest BCUT2D eigenvalue weighted by Crippen LogP contribution is -2.39. The van der Waals surface area contributed by atoms with E-state index in [0.29, 0.717) is 30.5 Å². The number of piperidine rings is 1. The molecular formula is C23H27ClN2O3S. The molecule has 1 fully saturated rings. The molecule has 0 saturated carbocycles. The molecule has 5 nitrogen and oxygen atoms in total. The van der Waals surface area contributed by atoms with E-state index in [2.05, 4.69) is 18.2 Å². The topological polar surface area (TPSA) is 70.5 Å². The second-order valence-corrected chi connectivity index (χ2v) is 10.6. The summed E-state index contributed by atoms with van der Waals surface area (Å²) in [4.78, 5) is 4.78. The van der Waals surface area contributed by atoms with Crippen molar-refractivity contribution in [1.29, 1.82) is 0 Å². The fourth-order valence-electron chi connectivity index (χ4n) is 4.80. The quantitative estimate of drug-likeness (QED) is 0.748. The average molecular weight is 447 g/mol. The number of rotatable bonds is 5. The summed E-state index contributed by atoms with van der Waals surface area (Å²) in [5.74, 6) is 0.375. The molecular weight excluding hydrogens is 420 g/mol. The highest BCUT2D eigenvalue weighted by atomic mass is 35.5. The van der Waals surface area contributed by atoms with E-state index in [4.69, 9.17) is 16.6 Å². The highest BCUT2D eigenvalue weighted by molar-refractivity contribution is 7.88. The van der Waals surface area contributed by atoms with Gasteiger partial charge in [-0.15, -0.1) is 0 Å². The second kappa shape index (κ2) is 8.79. The maximum absolute atomic E-state index is 12.0. The van der Waals surface area contributed by atoms with Gasteiger partial charge in [-0.3, -0.25) is 4.98 Å². The van der Waals surface area contributed by atoms with Gasteiger partial charge in [-0.25, -0.2) is 12.7 Å². The Balaban J connectivity index is 1.79. The molecule has 1 aliphatic carbocycles. The van der Waals surface area contributed by atoms with Crippen molar-refractivity contribution in [3.05, 3.63) is 63.9 Å². The van der Waals surface area contributed by atoms with Gasteiger partial charge in [-0.2, -0.15) is 0 Å². The van der Waals surface area contributed by atoms with Crippen molar-refractivity contribution in [2.45, 2.75) is 31.6 Å². The lowest BCUT2D eigenvalue weighted by molar-refractivity contribution is 0.256. The summed E-state index contributed by atoms with van der Waals surface area (Å²) >= 11 is 6.38. The maximum atomic E-state index is 12.0. The molecule has 7 heteroatoms. The molecule has 1 unspecified atom stereocenters. The minimum absolute atomic E-state index is 0.0815. The molecule has 160 valence electrons. The SMILES string of the molecule is CS(=O)(=O)N1CCC(C2c3ccc(Cl)cc3C(CCCO)=Cc3cccnc32)CC1. The van der Waals surface area contributed by atoms with Crippen molar-refractivity contribution < 1.29 is 13.5 Å². The molecule has 0 spiro atoms. The van der Waals surface area contributed by atoms with Crippen molar-refractivity contribution in [3.63, 3.8) is 0 Å². The second-order valence-electron chi connectivity index (χ2n) is 8.18. The fraction of sp³-hybridized carbons (Fsp3) is 0.435. The van der Waals surface area contributed by atoms with Crippen LogP contribution in [0.5, 0.6) is 0 Å². The smallest absolute Gasteiger partial charge is 0.211 e. The molecule has 1 aromatic heterocycles. The first-order valence-corrected chi connectivity index (χ1v) is 12.6. The predicted octanol–water partition coefficient (Wildman–Crippen LogP) is 4.17. The van der Waals surface area contributed by atoms with Crippen LogP contribution >= 0.6 is 11.6 Å². The van der Waals surface area contributed by atoms with Gasteiger partial charge in [0.2, 0.25) is 10.0 Å². The first-order valence-electron chi connectivity index (χ1n) is 10.4. The molecule has 0 bridgehead atoms. The number of aliphatic hydroxyl groups excluding tert-OH is 1. The van der Waals surface area contributed by atoms with Gasteiger partial charge in [0, 0.05) is 36.8 Å². The van der Waals surface area contributed by atoms with Crippen LogP contribution in [0.2, 0.25) is 5.02 Å². The molecule has 2 heterocycles. The number of hydrogen-bond acceptors (Lipinski definition) is 4. The largest absolute Gasteiger partial charge is 0.396 e. The standard InChI is InChI=1S/C23H27ClN2O3S/c1-30(28,29)26-11-8-16(9-12-26)22-20-7-6-19(24)15-21(20)17(5-3-13-27)14-18-4-2-10-25-23(18)22/h2,4,6-7,10,14-16,22,27H,3,5,8-9,11-13H2,1H3. The van der Waals surface area contributed by atoms with Crippen LogP contribution in [0.15, 0.2) is 36.5 Å². The maximum Gasteiger partial charge on any atom is 0.211 e. The Morgan fingerprint density at radius 3 is 2.70 bits per heavy atom. The van der Waals surface area contributed by atoms with Gasteiger partial charge in [0.25, 0.3) is 0 Å². The molecule has 1 aromatic carbocycles. The molecule has 0 radical (unpaired) electrons. The Morgan fingerprint density at radius 2 is 2.00 bits per heavy atom. The molecule has 30 heavy (non-hydrogen) atoms. The third-order valence-electron chi connectivity index (χ3n) is 6.24. The molecule has 1 aliphatic heterocycles. The normalized spacial score (nSPS) is 20.2. The van der Waals surface area contributed by atoms with Crippen LogP contribution < -0.4 is 0 Å². The summed E-state index contributed by atoms with van der Waals surface area (Å²) in [5, 5.41) is 10.1. The first kappa shape index (κ1) is 21.5. The van der Waals surface area contributed by atoms with Crippen LogP contribution in [0.3, 0.4) is 0 Å². The molecule has 1 saturated heterocycles. The molecule has 0 amide bonds. The number of hydrogen-bond donors (Lipinski definition) is 1. The number of allylic oxidation sites excluding steroid dienone is 1. The third-order valence-corrected chi connectivity index (χ3v) is 7.77. The molecule has 1 atom stereocenters. The summed E-state index contributed by atoms with van der Waals surface area (Å²) in [5.41, 5.74) is 5.60. The highest BCUT2D eigenvalue weighted by Gasteiger charge is 2.35. The monoisotopic (exact) mass is 446 g/mol. The number of sulfonamides is 1. The Morgan fingerprint density at radius 1 is 1.23 bits per heavy atom. The number of nitrogens with zero attached hydrogens (tertiary/aromatic N) is 2. The average Bonchev–Trinajstić information content (AvgIpc) is 2.86. The third kappa shape index (κ3) is 4.33. The Kier molecular flexibility index (Phi) is 6.30. The van der Waals surface area contributed by atoms with Crippen molar-refractivity contribution in [2.24, 2.45) is 5.92 Å². The Hall–Kier alpha value is -1.73. The van der Waals surface area contributed by atoms with E-state index in [1.807, 2.05) is 24.4 Å². The van der Waals surface area contributed by atoms with Crippen molar-refractivity contribution >= 4 is 33.3 Å². The van der Waals surface area contributed by atoms with Crippen LogP contribution in [-0.2, 0) is 10.0 Å². The van der Waals surface area contributed by atoms with Gasteiger partial charge in [0.05, 0.1) is 11.9 Å². The van der Waals surface area contributed by atoms with E-state index >= 15 is 0 Å². The first-order chi connectivity index (χ1) is 14.4. The van der Waals surface area contributed by atoms with Gasteiger partial charge in [-0.1, -0.05) is 23.7 Å². The number of aliphatic hydroxyl groups is 1. The molecule has 2 aliphatic rings. The van der Waals surface area contributed by atoms with Crippen LogP contribution in [0, 0.1) is 5.92 Å². The Labute approximate surface area is 183 Å².